The number of hydrogen-bond acceptors (Lipinski definition) is 8. The maximum Gasteiger partial charge on any atom is 0.270 e. The fourth-order valence-electron chi connectivity index (χ4n) is 3.64. The molecule has 11 nitrogen and oxygen atoms in total. The van der Waals surface area contributed by atoms with Crippen LogP contribution >= 0.6 is 11.3 Å². The van der Waals surface area contributed by atoms with Crippen LogP contribution in [0, 0.1) is 10.1 Å². The highest BCUT2D eigenvalue weighted by molar-refractivity contribution is 7.92. The molecule has 2 aromatic rings. The highest BCUT2D eigenvalue weighted by Crippen LogP contribution is 2.23. The van der Waals surface area contributed by atoms with E-state index in [1.807, 2.05) is 0 Å². The van der Waals surface area contributed by atoms with Crippen molar-refractivity contribution in [2.45, 2.75) is 32.2 Å². The van der Waals surface area contributed by atoms with E-state index in [-0.39, 0.29) is 10.5 Å². The van der Waals surface area contributed by atoms with Gasteiger partial charge in [0, 0.05) is 38.9 Å². The van der Waals surface area contributed by atoms with Crippen molar-refractivity contribution in [2.24, 2.45) is 4.99 Å². The number of amides is 2. The molecule has 1 aliphatic rings. The molecule has 0 unspecified atom stereocenters. The largest absolute Gasteiger partial charge is 0.383 e. The van der Waals surface area contributed by atoms with Gasteiger partial charge >= 0.3 is 0 Å². The second-order valence-electron chi connectivity index (χ2n) is 7.77. The molecule has 180 valence electrons. The van der Waals surface area contributed by atoms with Gasteiger partial charge in [-0.2, -0.15) is 4.99 Å². The summed E-state index contributed by atoms with van der Waals surface area (Å²) in [7, 11) is -2.48. The number of likely N-dealkylation sites (tertiary alicyclic amines) is 1. The van der Waals surface area contributed by atoms with Gasteiger partial charge in [0.2, 0.25) is 5.91 Å². The molecule has 0 radical (unpaired) electrons. The highest BCUT2D eigenvalue weighted by Gasteiger charge is 2.25. The molecule has 0 bridgehead atoms. The van der Waals surface area contributed by atoms with E-state index in [0.29, 0.717) is 36.5 Å². The molecule has 1 aromatic carbocycles. The molecule has 2 heterocycles. The first-order valence-electron chi connectivity index (χ1n) is 10.5. The minimum atomic E-state index is -3.99. The van der Waals surface area contributed by atoms with Crippen LogP contribution in [-0.4, -0.2) is 72.9 Å². The number of ether oxygens (including phenoxy) is 1. The molecule has 2 amide bonds. The van der Waals surface area contributed by atoms with Crippen LogP contribution in [0.2, 0.25) is 0 Å². The highest BCUT2D eigenvalue weighted by atomic mass is 32.2. The third-order valence-corrected chi connectivity index (χ3v) is 7.68. The Morgan fingerprint density at radius 3 is 2.52 bits per heavy atom. The summed E-state index contributed by atoms with van der Waals surface area (Å²) in [6.07, 6.45) is 3.70. The summed E-state index contributed by atoms with van der Waals surface area (Å²) in [6, 6.07) is 4.28. The first-order chi connectivity index (χ1) is 15.7. The van der Waals surface area contributed by atoms with Gasteiger partial charge < -0.3 is 14.2 Å². The lowest BCUT2D eigenvalue weighted by Gasteiger charge is -2.19. The van der Waals surface area contributed by atoms with Crippen LogP contribution in [0.3, 0.4) is 0 Å². The first kappa shape index (κ1) is 25.0. The fourth-order valence-corrected chi connectivity index (χ4v) is 5.85. The van der Waals surface area contributed by atoms with Gasteiger partial charge in [-0.1, -0.05) is 24.2 Å². The van der Waals surface area contributed by atoms with Gasteiger partial charge in [0.25, 0.3) is 11.6 Å². The Morgan fingerprint density at radius 2 is 1.88 bits per heavy atom. The van der Waals surface area contributed by atoms with Crippen molar-refractivity contribution < 1.29 is 27.7 Å². The molecular weight excluding hydrogens is 472 g/mol. The zero-order chi connectivity index (χ0) is 24.0. The van der Waals surface area contributed by atoms with Crippen LogP contribution in [-0.2, 0) is 30.7 Å². The number of thiazole rings is 1. The lowest BCUT2D eigenvalue weighted by molar-refractivity contribution is -0.384. The number of methoxy groups -OCH3 is 1. The summed E-state index contributed by atoms with van der Waals surface area (Å²) in [5.41, 5.74) is 0.517. The SMILES string of the molecule is COCCn1c(=NC(=O)CS(=O)(=O)CC(=O)N2CCCCCC2)sc2cc([N+](=O)[O-])ccc21. The zero-order valence-electron chi connectivity index (χ0n) is 18.3. The molecular formula is C20H26N4O7S2. The Balaban J connectivity index is 1.82. The third kappa shape index (κ3) is 6.68. The average Bonchev–Trinajstić information content (AvgIpc) is 2.90. The van der Waals surface area contributed by atoms with Gasteiger partial charge in [0.15, 0.2) is 14.6 Å². The van der Waals surface area contributed by atoms with Crippen LogP contribution in [0.5, 0.6) is 0 Å². The molecule has 0 aliphatic carbocycles. The number of nitrogens with zero attached hydrogens (tertiary/aromatic N) is 4. The number of hydrogen-bond donors (Lipinski definition) is 0. The Kier molecular flexibility index (Phi) is 8.32. The van der Waals surface area contributed by atoms with Crippen molar-refractivity contribution in [3.8, 4) is 0 Å². The molecule has 0 saturated carbocycles. The van der Waals surface area contributed by atoms with Gasteiger partial charge in [0.05, 0.1) is 21.7 Å². The number of rotatable bonds is 8. The van der Waals surface area contributed by atoms with Crippen LogP contribution in [0.15, 0.2) is 23.2 Å². The van der Waals surface area contributed by atoms with Gasteiger partial charge in [-0.05, 0) is 18.9 Å². The van der Waals surface area contributed by atoms with Crippen molar-refractivity contribution in [3.05, 3.63) is 33.1 Å². The van der Waals surface area contributed by atoms with Crippen LogP contribution in [0.4, 0.5) is 5.69 Å². The number of carbonyl (C=O) groups excluding carboxylic acids is 2. The number of fused-ring (bicyclic) bond motifs is 1. The van der Waals surface area contributed by atoms with E-state index in [9.17, 15) is 28.1 Å². The summed E-state index contributed by atoms with van der Waals surface area (Å²) in [5, 5.41) is 11.1. The maximum absolute atomic E-state index is 12.5. The summed E-state index contributed by atoms with van der Waals surface area (Å²) >= 11 is 1.04. The average molecular weight is 499 g/mol. The Morgan fingerprint density at radius 1 is 1.18 bits per heavy atom. The number of non-ortho nitro benzene ring substituents is 1. The molecule has 0 spiro atoms. The predicted molar refractivity (Wildman–Crippen MR) is 123 cm³/mol. The molecule has 1 aromatic heterocycles. The lowest BCUT2D eigenvalue weighted by atomic mass is 10.2. The van der Waals surface area contributed by atoms with Crippen molar-refractivity contribution in [2.75, 3.05) is 38.3 Å². The van der Waals surface area contributed by atoms with Crippen LogP contribution in [0.1, 0.15) is 25.7 Å². The van der Waals surface area contributed by atoms with E-state index in [1.54, 1.807) is 15.5 Å². The Bertz CT molecular complexity index is 1210. The zero-order valence-corrected chi connectivity index (χ0v) is 19.9. The minimum Gasteiger partial charge on any atom is -0.383 e. The maximum atomic E-state index is 12.5. The number of sulfone groups is 1. The molecule has 1 fully saturated rings. The van der Waals surface area contributed by atoms with Gasteiger partial charge in [0.1, 0.15) is 11.5 Å². The topological polar surface area (TPSA) is 141 Å². The van der Waals surface area contributed by atoms with Crippen LogP contribution in [0.25, 0.3) is 10.2 Å². The molecule has 0 N–H and O–H groups in total. The van der Waals surface area contributed by atoms with Crippen molar-refractivity contribution in [1.29, 1.82) is 0 Å². The van der Waals surface area contributed by atoms with E-state index in [0.717, 1.165) is 37.0 Å². The molecule has 13 heteroatoms. The Hall–Kier alpha value is -2.64. The fraction of sp³-hybridized carbons (Fsp3) is 0.550. The van der Waals surface area contributed by atoms with E-state index < -0.39 is 38.1 Å². The standard InChI is InChI=1S/C20H26N4O7S2/c1-31-11-10-23-16-7-6-15(24(27)28)12-17(16)32-20(23)21-18(25)13-33(29,30)14-19(26)22-8-4-2-3-5-9-22/h6-7,12H,2-5,8-11,13-14H2,1H3. The summed E-state index contributed by atoms with van der Waals surface area (Å²) in [5.74, 6) is -3.00. The lowest BCUT2D eigenvalue weighted by Crippen LogP contribution is -2.37. The molecule has 0 atom stereocenters. The van der Waals surface area contributed by atoms with E-state index in [1.165, 1.54) is 19.2 Å². The Labute approximate surface area is 194 Å². The van der Waals surface area contributed by atoms with E-state index >= 15 is 0 Å². The molecule has 1 saturated heterocycles. The number of carbonyl (C=O) groups is 2. The van der Waals surface area contributed by atoms with Crippen LogP contribution < -0.4 is 4.80 Å². The predicted octanol–water partition coefficient (Wildman–Crippen LogP) is 1.50. The second kappa shape index (κ2) is 11.0. The normalized spacial score (nSPS) is 15.5. The minimum absolute atomic E-state index is 0.102. The smallest absolute Gasteiger partial charge is 0.270 e. The quantitative estimate of drug-likeness (QED) is 0.397. The number of nitro benzene ring substituents is 1. The molecule has 33 heavy (non-hydrogen) atoms. The van der Waals surface area contributed by atoms with Gasteiger partial charge in [-0.15, -0.1) is 0 Å². The summed E-state index contributed by atoms with van der Waals surface area (Å²) in [4.78, 5) is 41.2. The molecule has 3 rings (SSSR count). The van der Waals surface area contributed by atoms with Crippen molar-refractivity contribution >= 4 is 48.9 Å². The number of aromatic nitrogens is 1. The van der Waals surface area contributed by atoms with Gasteiger partial charge in [-0.25, -0.2) is 8.42 Å². The number of benzene rings is 1. The third-order valence-electron chi connectivity index (χ3n) is 5.26. The summed E-state index contributed by atoms with van der Waals surface area (Å²) < 4.78 is 32.3. The summed E-state index contributed by atoms with van der Waals surface area (Å²) in [6.45, 7) is 1.67. The van der Waals surface area contributed by atoms with Gasteiger partial charge in [-0.3, -0.25) is 19.7 Å². The molecule has 1 aliphatic heterocycles. The van der Waals surface area contributed by atoms with Crippen molar-refractivity contribution in [3.63, 3.8) is 0 Å². The number of nitro groups is 1. The van der Waals surface area contributed by atoms with E-state index in [4.69, 9.17) is 4.74 Å². The second-order valence-corrected chi connectivity index (χ2v) is 10.8. The first-order valence-corrected chi connectivity index (χ1v) is 13.2. The monoisotopic (exact) mass is 498 g/mol. The van der Waals surface area contributed by atoms with Crippen molar-refractivity contribution in [1.82, 2.24) is 9.47 Å². The van der Waals surface area contributed by atoms with E-state index in [2.05, 4.69) is 4.99 Å².